The first-order chi connectivity index (χ1) is 4.86. The fourth-order valence-electron chi connectivity index (χ4n) is 0.438. The topological polar surface area (TPSA) is 86.5 Å². The second kappa shape index (κ2) is 2.60. The van der Waals surface area contributed by atoms with Crippen molar-refractivity contribution in [1.82, 2.24) is 10.2 Å². The molecule has 0 fully saturated rings. The zero-order chi connectivity index (χ0) is 7.40. The van der Waals surface area contributed by atoms with Crippen molar-refractivity contribution in [1.29, 1.82) is 10.5 Å². The molecule has 0 aliphatic heterocycles. The van der Waals surface area contributed by atoms with Crippen LogP contribution in [0.2, 0.25) is 0 Å². The molecule has 0 amide bonds. The molecule has 0 saturated carbocycles. The van der Waals surface area contributed by atoms with Crippen molar-refractivity contribution in [2.45, 2.75) is 6.42 Å². The van der Waals surface area contributed by atoms with E-state index in [1.54, 1.807) is 6.07 Å². The van der Waals surface area contributed by atoms with E-state index in [4.69, 9.17) is 10.5 Å². The largest absolute Gasteiger partial charge is 0.412 e. The standard InChI is InChI=1S/C5H2N4O/c6-2-1-4-8-9-5(3-7)10-4/h1H2. The summed E-state index contributed by atoms with van der Waals surface area (Å²) >= 11 is 0. The van der Waals surface area contributed by atoms with Crippen LogP contribution in [0.25, 0.3) is 0 Å². The van der Waals surface area contributed by atoms with Crippen molar-refractivity contribution >= 4 is 0 Å². The maximum absolute atomic E-state index is 8.19. The van der Waals surface area contributed by atoms with Crippen LogP contribution in [0.4, 0.5) is 0 Å². The zero-order valence-corrected chi connectivity index (χ0v) is 4.90. The van der Waals surface area contributed by atoms with E-state index in [1.165, 1.54) is 0 Å². The van der Waals surface area contributed by atoms with Crippen molar-refractivity contribution in [3.8, 4) is 12.1 Å². The third-order valence-corrected chi connectivity index (χ3v) is 0.793. The Kier molecular flexibility index (Phi) is 1.63. The lowest BCUT2D eigenvalue weighted by Crippen LogP contribution is -1.78. The summed E-state index contributed by atoms with van der Waals surface area (Å²) in [5.41, 5.74) is 0. The highest BCUT2D eigenvalue weighted by Gasteiger charge is 2.02. The van der Waals surface area contributed by atoms with E-state index in [0.29, 0.717) is 0 Å². The first-order valence-corrected chi connectivity index (χ1v) is 2.46. The summed E-state index contributed by atoms with van der Waals surface area (Å²) in [6.07, 6.45) is 0.0503. The molecule has 0 aromatic carbocycles. The summed E-state index contributed by atoms with van der Waals surface area (Å²) in [7, 11) is 0. The van der Waals surface area contributed by atoms with Gasteiger partial charge in [0.25, 0.3) is 0 Å². The highest BCUT2D eigenvalue weighted by Crippen LogP contribution is 1.96. The minimum Gasteiger partial charge on any atom is -0.412 e. The normalized spacial score (nSPS) is 8.20. The van der Waals surface area contributed by atoms with Gasteiger partial charge in [0.1, 0.15) is 6.42 Å². The molecule has 1 aromatic heterocycles. The molecule has 0 aliphatic rings. The van der Waals surface area contributed by atoms with Crippen molar-refractivity contribution in [3.63, 3.8) is 0 Å². The average molecular weight is 134 g/mol. The van der Waals surface area contributed by atoms with Gasteiger partial charge in [-0.3, -0.25) is 0 Å². The Hall–Kier alpha value is -1.88. The Labute approximate surface area is 56.5 Å². The fourth-order valence-corrected chi connectivity index (χ4v) is 0.438. The monoisotopic (exact) mass is 134 g/mol. The molecule has 1 rings (SSSR count). The average Bonchev–Trinajstić information content (AvgIpc) is 2.37. The van der Waals surface area contributed by atoms with Gasteiger partial charge in [0, 0.05) is 0 Å². The van der Waals surface area contributed by atoms with E-state index in [1.807, 2.05) is 6.07 Å². The van der Waals surface area contributed by atoms with Crippen LogP contribution in [0.15, 0.2) is 4.42 Å². The molecule has 0 radical (unpaired) electrons. The molecule has 5 heteroatoms. The Morgan fingerprint density at radius 3 is 2.70 bits per heavy atom. The van der Waals surface area contributed by atoms with E-state index in [9.17, 15) is 0 Å². The SMILES string of the molecule is N#CCc1nnc(C#N)o1. The quantitative estimate of drug-likeness (QED) is 0.539. The number of hydrogen-bond donors (Lipinski definition) is 0. The van der Waals surface area contributed by atoms with Gasteiger partial charge in [0.15, 0.2) is 6.07 Å². The van der Waals surface area contributed by atoms with Crippen molar-refractivity contribution in [3.05, 3.63) is 11.8 Å². The van der Waals surface area contributed by atoms with Gasteiger partial charge in [-0.2, -0.15) is 10.5 Å². The van der Waals surface area contributed by atoms with Crippen LogP contribution >= 0.6 is 0 Å². The zero-order valence-electron chi connectivity index (χ0n) is 4.90. The van der Waals surface area contributed by atoms with Crippen molar-refractivity contribution < 1.29 is 4.42 Å². The van der Waals surface area contributed by atoms with Gasteiger partial charge in [-0.15, -0.1) is 5.10 Å². The summed E-state index contributed by atoms with van der Waals surface area (Å²) < 4.78 is 4.67. The highest BCUT2D eigenvalue weighted by atomic mass is 16.4. The summed E-state index contributed by atoms with van der Waals surface area (Å²) in [6.45, 7) is 0. The smallest absolute Gasteiger partial charge is 0.321 e. The summed E-state index contributed by atoms with van der Waals surface area (Å²) in [5, 5.41) is 23.1. The molecule has 1 heterocycles. The summed E-state index contributed by atoms with van der Waals surface area (Å²) in [6, 6.07) is 3.47. The van der Waals surface area contributed by atoms with E-state index < -0.39 is 0 Å². The third-order valence-electron chi connectivity index (χ3n) is 0.793. The van der Waals surface area contributed by atoms with E-state index in [-0.39, 0.29) is 18.2 Å². The van der Waals surface area contributed by atoms with Crippen LogP contribution in [-0.4, -0.2) is 10.2 Å². The molecule has 0 aliphatic carbocycles. The van der Waals surface area contributed by atoms with Gasteiger partial charge in [-0.25, -0.2) is 0 Å². The molecule has 0 saturated heterocycles. The molecular weight excluding hydrogens is 132 g/mol. The van der Waals surface area contributed by atoms with Gasteiger partial charge in [-0.1, -0.05) is 5.10 Å². The molecule has 0 atom stereocenters. The second-order valence-corrected chi connectivity index (χ2v) is 1.45. The molecule has 10 heavy (non-hydrogen) atoms. The first-order valence-electron chi connectivity index (χ1n) is 2.46. The molecule has 48 valence electrons. The van der Waals surface area contributed by atoms with Crippen LogP contribution in [0.1, 0.15) is 11.8 Å². The minimum absolute atomic E-state index is 0.0503. The van der Waals surface area contributed by atoms with Crippen LogP contribution in [0, 0.1) is 22.7 Å². The number of nitriles is 2. The maximum Gasteiger partial charge on any atom is 0.321 e. The fraction of sp³-hybridized carbons (Fsp3) is 0.200. The number of rotatable bonds is 1. The Balaban J connectivity index is 2.83. The van der Waals surface area contributed by atoms with E-state index >= 15 is 0 Å². The van der Waals surface area contributed by atoms with Crippen LogP contribution in [-0.2, 0) is 6.42 Å². The Morgan fingerprint density at radius 1 is 1.40 bits per heavy atom. The molecule has 0 spiro atoms. The minimum atomic E-state index is -0.106. The predicted octanol–water partition coefficient (Wildman–Crippen LogP) is 0.00736. The lowest BCUT2D eigenvalue weighted by atomic mass is 10.5. The molecule has 0 N–H and O–H groups in total. The molecule has 5 nitrogen and oxygen atoms in total. The maximum atomic E-state index is 8.19. The molecular formula is C5H2N4O. The number of hydrogen-bond acceptors (Lipinski definition) is 5. The van der Waals surface area contributed by atoms with Crippen molar-refractivity contribution in [2.24, 2.45) is 0 Å². The second-order valence-electron chi connectivity index (χ2n) is 1.45. The van der Waals surface area contributed by atoms with Crippen LogP contribution in [0.3, 0.4) is 0 Å². The van der Waals surface area contributed by atoms with Gasteiger partial charge < -0.3 is 4.42 Å². The van der Waals surface area contributed by atoms with E-state index in [0.717, 1.165) is 0 Å². The summed E-state index contributed by atoms with van der Waals surface area (Å²) in [5.74, 6) is 0.0734. The van der Waals surface area contributed by atoms with E-state index in [2.05, 4.69) is 14.6 Å². The molecule has 1 aromatic rings. The van der Waals surface area contributed by atoms with Crippen molar-refractivity contribution in [2.75, 3.05) is 0 Å². The first kappa shape index (κ1) is 6.24. The summed E-state index contributed by atoms with van der Waals surface area (Å²) in [4.78, 5) is 0. The Morgan fingerprint density at radius 2 is 2.20 bits per heavy atom. The predicted molar refractivity (Wildman–Crippen MR) is 28.3 cm³/mol. The number of nitrogens with zero attached hydrogens (tertiary/aromatic N) is 4. The van der Waals surface area contributed by atoms with Gasteiger partial charge in [0.2, 0.25) is 5.89 Å². The van der Waals surface area contributed by atoms with Gasteiger partial charge in [-0.05, 0) is 0 Å². The molecule has 0 bridgehead atoms. The molecule has 0 unspecified atom stereocenters. The highest BCUT2D eigenvalue weighted by molar-refractivity contribution is 5.03. The van der Waals surface area contributed by atoms with Crippen LogP contribution < -0.4 is 0 Å². The lowest BCUT2D eigenvalue weighted by Gasteiger charge is -1.74. The number of aromatic nitrogens is 2. The van der Waals surface area contributed by atoms with Gasteiger partial charge in [0.05, 0.1) is 6.07 Å². The third kappa shape index (κ3) is 1.09. The van der Waals surface area contributed by atoms with Gasteiger partial charge >= 0.3 is 5.89 Å². The lowest BCUT2D eigenvalue weighted by molar-refractivity contribution is 0.496. The van der Waals surface area contributed by atoms with Crippen LogP contribution in [0.5, 0.6) is 0 Å². The Bertz CT molecular complexity index is 302.